The average Bonchev–Trinajstić information content (AvgIpc) is 3.42. The Morgan fingerprint density at radius 1 is 0.700 bits per heavy atom. The molecule has 0 unspecified atom stereocenters. The summed E-state index contributed by atoms with van der Waals surface area (Å²) >= 11 is 0. The molecule has 27 heteroatoms. The van der Waals surface area contributed by atoms with Gasteiger partial charge in [-0.1, -0.05) is 71.0 Å². The molecule has 1 aliphatic heterocycles. The van der Waals surface area contributed by atoms with Crippen LogP contribution in [0.3, 0.4) is 0 Å². The number of fused-ring (bicyclic) bond motifs is 4. The number of aryl methyl sites for hydroxylation is 1. The van der Waals surface area contributed by atoms with Crippen molar-refractivity contribution in [3.8, 4) is 0 Å². The molecule has 0 atom stereocenters. The van der Waals surface area contributed by atoms with Gasteiger partial charge in [-0.3, -0.25) is 23.0 Å². The van der Waals surface area contributed by atoms with Crippen LogP contribution in [0.15, 0.2) is 104 Å². The molecule has 0 amide bonds. The highest BCUT2D eigenvalue weighted by molar-refractivity contribution is 7.90. The lowest BCUT2D eigenvalue weighted by Gasteiger charge is -2.30. The fraction of sp³-hybridized carbons (Fsp3) is 0.372. The Bertz CT molecular complexity index is 3570. The molecular weight excluding hydrogens is 1040 g/mol. The SMILES string of the molecule is C=C(/C=C/C=C1/N(CCCCCC(=O)O)c2ccc3c(S(=O)(=O)NCCS(=O)(=O)O)cc(S(=O)(=O)O)cc3c2C1(C)C)C(C)(C)c1c(C)ccc2c(S(=O)(=O)NCCS(=O)(=O)O)cc(S(=O)(=O)O)cc12. The fourth-order valence-corrected chi connectivity index (χ4v) is 13.3. The average molecular weight is 1090 g/mol. The summed E-state index contributed by atoms with van der Waals surface area (Å²) < 4.78 is 193. The molecule has 5 rings (SSSR count). The third kappa shape index (κ3) is 12.7. The van der Waals surface area contributed by atoms with Crippen molar-refractivity contribution in [2.75, 3.05) is 36.0 Å². The number of allylic oxidation sites excluding steroid dienone is 5. The number of sulfonamides is 2. The third-order valence-electron chi connectivity index (χ3n) is 11.9. The zero-order valence-electron chi connectivity index (χ0n) is 38.4. The summed E-state index contributed by atoms with van der Waals surface area (Å²) in [5, 5.41) is 9.39. The number of hydrogen-bond donors (Lipinski definition) is 7. The van der Waals surface area contributed by atoms with Crippen molar-refractivity contribution < 1.29 is 78.6 Å². The predicted octanol–water partition coefficient (Wildman–Crippen LogP) is 4.84. The first-order valence-corrected chi connectivity index (χ1v) is 30.1. The Hall–Kier alpha value is -4.65. The summed E-state index contributed by atoms with van der Waals surface area (Å²) in [6.45, 7) is 11.7. The van der Waals surface area contributed by atoms with E-state index in [1.165, 1.54) is 12.1 Å². The van der Waals surface area contributed by atoms with Crippen molar-refractivity contribution in [3.63, 3.8) is 0 Å². The number of anilines is 1. The maximum absolute atomic E-state index is 13.7. The van der Waals surface area contributed by atoms with Crippen LogP contribution in [0.2, 0.25) is 0 Å². The van der Waals surface area contributed by atoms with Crippen LogP contribution in [-0.4, -0.2) is 111 Å². The standard InChI is InChI=1S/C43H53N3O18S6/c1-27-14-15-31-33(23-29(69(59,60)61)25-36(31)67(55,56)44-18-21-65(49,50)51)40(27)42(3,4)28(2)11-10-12-38-43(5,6)41-34-24-30(70(62,63)64)26-37(68(57,58)45-19-22-66(52,53)54)32(34)16-17-35(41)46(38)20-9-7-8-13-39(47)48/h10-12,14-17,23-26,44-45H,2,7-9,13,18-22H2,1,3-6H3,(H,47,48)(H,49,50,51)(H,52,53,54)(H,59,60,61)(H,62,63,64)/b11-10+,38-12+. The van der Waals surface area contributed by atoms with Gasteiger partial charge in [-0.2, -0.15) is 33.7 Å². The molecule has 0 saturated carbocycles. The monoisotopic (exact) mass is 1090 g/mol. The van der Waals surface area contributed by atoms with Gasteiger partial charge in [0.1, 0.15) is 0 Å². The van der Waals surface area contributed by atoms with E-state index in [-0.39, 0.29) is 34.5 Å². The molecule has 1 aliphatic rings. The minimum atomic E-state index is -5.06. The van der Waals surface area contributed by atoms with Crippen LogP contribution in [-0.2, 0) is 76.1 Å². The Kier molecular flexibility index (Phi) is 16.2. The molecule has 70 heavy (non-hydrogen) atoms. The van der Waals surface area contributed by atoms with Crippen molar-refractivity contribution in [1.82, 2.24) is 9.44 Å². The number of carboxylic acids is 1. The van der Waals surface area contributed by atoms with E-state index in [2.05, 4.69) is 6.58 Å². The van der Waals surface area contributed by atoms with Crippen LogP contribution in [0.4, 0.5) is 5.69 Å². The highest BCUT2D eigenvalue weighted by atomic mass is 32.2. The highest BCUT2D eigenvalue weighted by Gasteiger charge is 2.42. The van der Waals surface area contributed by atoms with Gasteiger partial charge in [0.2, 0.25) is 20.0 Å². The topological polar surface area (TPSA) is 350 Å². The summed E-state index contributed by atoms with van der Waals surface area (Å²) in [7, 11) is -28.7. The summed E-state index contributed by atoms with van der Waals surface area (Å²) in [6, 6.07) is 9.68. The molecular formula is C43H53N3O18S6. The van der Waals surface area contributed by atoms with Crippen LogP contribution in [0.25, 0.3) is 21.5 Å². The summed E-state index contributed by atoms with van der Waals surface area (Å²) in [6.07, 6.45) is 6.22. The lowest BCUT2D eigenvalue weighted by atomic mass is 9.74. The zero-order chi connectivity index (χ0) is 52.8. The number of carboxylic acid groups (broad SMARTS) is 1. The second-order valence-corrected chi connectivity index (χ2v) is 27.1. The minimum absolute atomic E-state index is 0.000588. The third-order valence-corrected chi connectivity index (χ3v) is 18.0. The fourth-order valence-electron chi connectivity index (χ4n) is 8.55. The Labute approximate surface area is 407 Å². The van der Waals surface area contributed by atoms with E-state index in [1.807, 2.05) is 14.3 Å². The molecule has 0 bridgehead atoms. The van der Waals surface area contributed by atoms with Crippen molar-refractivity contribution in [2.24, 2.45) is 0 Å². The quantitative estimate of drug-likeness (QED) is 0.0314. The molecule has 0 aromatic heterocycles. The minimum Gasteiger partial charge on any atom is -0.481 e. The zero-order valence-corrected chi connectivity index (χ0v) is 43.3. The van der Waals surface area contributed by atoms with Gasteiger partial charge >= 0.3 is 5.97 Å². The second kappa shape index (κ2) is 20.1. The summed E-state index contributed by atoms with van der Waals surface area (Å²) in [4.78, 5) is 10.3. The lowest BCUT2D eigenvalue weighted by Crippen LogP contribution is -2.29. The molecule has 0 radical (unpaired) electrons. The lowest BCUT2D eigenvalue weighted by molar-refractivity contribution is -0.137. The Morgan fingerprint density at radius 2 is 1.19 bits per heavy atom. The van der Waals surface area contributed by atoms with Crippen molar-refractivity contribution in [1.29, 1.82) is 0 Å². The molecule has 0 saturated heterocycles. The number of hydrogen-bond acceptors (Lipinski definition) is 14. The second-order valence-electron chi connectivity index (χ2n) is 17.6. The molecule has 0 spiro atoms. The number of carbonyl (C=O) groups is 1. The van der Waals surface area contributed by atoms with Crippen molar-refractivity contribution >= 4 is 93.7 Å². The number of rotatable bonds is 22. The number of nitrogens with zero attached hydrogens (tertiary/aromatic N) is 1. The van der Waals surface area contributed by atoms with Crippen LogP contribution >= 0.6 is 0 Å². The van der Waals surface area contributed by atoms with Gasteiger partial charge in [-0.25, -0.2) is 26.3 Å². The van der Waals surface area contributed by atoms with Crippen LogP contribution < -0.4 is 14.3 Å². The van der Waals surface area contributed by atoms with E-state index < -0.39 is 121 Å². The molecule has 7 N–H and O–H groups in total. The Balaban J connectivity index is 1.67. The summed E-state index contributed by atoms with van der Waals surface area (Å²) in [5.74, 6) is -2.97. The van der Waals surface area contributed by atoms with Gasteiger partial charge in [0, 0.05) is 59.0 Å². The summed E-state index contributed by atoms with van der Waals surface area (Å²) in [5.41, 5.74) is 0.603. The van der Waals surface area contributed by atoms with E-state index in [0.29, 0.717) is 52.9 Å². The van der Waals surface area contributed by atoms with Crippen molar-refractivity contribution in [2.45, 2.75) is 90.7 Å². The van der Waals surface area contributed by atoms with E-state index in [1.54, 1.807) is 65.0 Å². The van der Waals surface area contributed by atoms with Gasteiger partial charge in [0.25, 0.3) is 40.5 Å². The van der Waals surface area contributed by atoms with E-state index in [9.17, 15) is 74.1 Å². The first-order chi connectivity index (χ1) is 31.9. The maximum Gasteiger partial charge on any atom is 0.303 e. The number of aliphatic carboxylic acids is 1. The first-order valence-electron chi connectivity index (χ1n) is 21.0. The number of unbranched alkanes of at least 4 members (excludes halogenated alkanes) is 2. The largest absolute Gasteiger partial charge is 0.481 e. The number of benzene rings is 4. The molecule has 21 nitrogen and oxygen atoms in total. The molecule has 1 heterocycles. The van der Waals surface area contributed by atoms with Gasteiger partial charge in [0.05, 0.1) is 31.1 Å². The van der Waals surface area contributed by atoms with Gasteiger partial charge in [-0.05, 0) is 89.2 Å². The van der Waals surface area contributed by atoms with Crippen molar-refractivity contribution in [3.05, 3.63) is 101 Å². The smallest absolute Gasteiger partial charge is 0.303 e. The van der Waals surface area contributed by atoms with Crippen LogP contribution in [0, 0.1) is 6.92 Å². The van der Waals surface area contributed by atoms with Gasteiger partial charge in [0.15, 0.2) is 0 Å². The Morgan fingerprint density at radius 3 is 1.67 bits per heavy atom. The van der Waals surface area contributed by atoms with Gasteiger partial charge < -0.3 is 10.0 Å². The van der Waals surface area contributed by atoms with E-state index in [0.717, 1.165) is 24.3 Å². The van der Waals surface area contributed by atoms with Crippen LogP contribution in [0.5, 0.6) is 0 Å². The highest BCUT2D eigenvalue weighted by Crippen LogP contribution is 2.52. The molecule has 4 aromatic rings. The molecule has 384 valence electrons. The molecule has 0 aliphatic carbocycles. The number of nitrogens with one attached hydrogen (secondary N) is 2. The molecule has 0 fully saturated rings. The van der Waals surface area contributed by atoms with E-state index >= 15 is 0 Å². The van der Waals surface area contributed by atoms with Gasteiger partial charge in [-0.15, -0.1) is 0 Å². The molecule has 4 aromatic carbocycles. The van der Waals surface area contributed by atoms with Crippen LogP contribution in [0.1, 0.15) is 70.1 Å². The normalized spacial score (nSPS) is 15.6. The van der Waals surface area contributed by atoms with E-state index in [4.69, 9.17) is 4.55 Å². The predicted molar refractivity (Wildman–Crippen MR) is 261 cm³/mol. The first kappa shape index (κ1) is 56.3. The maximum atomic E-state index is 13.7.